The molecule has 0 spiro atoms. The zero-order valence-corrected chi connectivity index (χ0v) is 12.8. The summed E-state index contributed by atoms with van der Waals surface area (Å²) in [7, 11) is 0. The first kappa shape index (κ1) is 14.8. The number of anilines is 1. The first-order chi connectivity index (χ1) is 10.6. The van der Waals surface area contributed by atoms with Gasteiger partial charge in [-0.05, 0) is 50.6 Å². The zero-order chi connectivity index (χ0) is 15.5. The van der Waals surface area contributed by atoms with Crippen LogP contribution in [0, 0.1) is 0 Å². The predicted octanol–water partition coefficient (Wildman–Crippen LogP) is 1.09. The number of benzene rings is 1. The lowest BCUT2D eigenvalue weighted by molar-refractivity contribution is 0.0920. The Labute approximate surface area is 130 Å². The molecule has 2 unspecified atom stereocenters. The predicted molar refractivity (Wildman–Crippen MR) is 85.1 cm³/mol. The van der Waals surface area contributed by atoms with Gasteiger partial charge in [-0.2, -0.15) is 0 Å². The standard InChI is InChI=1S/C16H22N4O2/c1-11-14(3-2-8-17-11)19-15(21)12-4-6-13(7-5-12)20-10-9-18-16(20)22/h4-7,11,14,17H,2-3,8-10H2,1H3,(H,18,22)(H,19,21). The van der Waals surface area contributed by atoms with Crippen LogP contribution in [0.3, 0.4) is 0 Å². The van der Waals surface area contributed by atoms with Crippen LogP contribution in [0.5, 0.6) is 0 Å². The van der Waals surface area contributed by atoms with Gasteiger partial charge in [0.2, 0.25) is 0 Å². The SMILES string of the molecule is CC1NCCCC1NC(=O)c1ccc(N2CCNC2=O)cc1. The van der Waals surface area contributed by atoms with Gasteiger partial charge in [0.1, 0.15) is 0 Å². The topological polar surface area (TPSA) is 73.5 Å². The third kappa shape index (κ3) is 3.06. The van der Waals surface area contributed by atoms with Crippen molar-refractivity contribution in [2.24, 2.45) is 0 Å². The Kier molecular flexibility index (Phi) is 4.29. The van der Waals surface area contributed by atoms with E-state index in [0.717, 1.165) is 25.1 Å². The number of piperidine rings is 1. The molecule has 1 aromatic rings. The lowest BCUT2D eigenvalue weighted by Gasteiger charge is -2.30. The number of nitrogens with one attached hydrogen (secondary N) is 3. The van der Waals surface area contributed by atoms with Crippen molar-refractivity contribution in [3.63, 3.8) is 0 Å². The average Bonchev–Trinajstić information content (AvgIpc) is 2.96. The number of rotatable bonds is 3. The van der Waals surface area contributed by atoms with Crippen molar-refractivity contribution < 1.29 is 9.59 Å². The minimum absolute atomic E-state index is 0.0574. The van der Waals surface area contributed by atoms with Gasteiger partial charge in [0.05, 0.1) is 0 Å². The molecule has 2 atom stereocenters. The molecule has 0 aromatic heterocycles. The molecule has 6 nitrogen and oxygen atoms in total. The Morgan fingerprint density at radius 3 is 2.68 bits per heavy atom. The van der Waals surface area contributed by atoms with Crippen LogP contribution in [0.4, 0.5) is 10.5 Å². The third-order valence-electron chi connectivity index (χ3n) is 4.38. The minimum Gasteiger partial charge on any atom is -0.348 e. The molecule has 118 valence electrons. The highest BCUT2D eigenvalue weighted by Crippen LogP contribution is 2.17. The Hall–Kier alpha value is -2.08. The van der Waals surface area contributed by atoms with E-state index < -0.39 is 0 Å². The van der Waals surface area contributed by atoms with Crippen LogP contribution < -0.4 is 20.9 Å². The molecule has 22 heavy (non-hydrogen) atoms. The average molecular weight is 302 g/mol. The molecule has 2 aliphatic heterocycles. The number of nitrogens with zero attached hydrogens (tertiary/aromatic N) is 1. The minimum atomic E-state index is -0.0840. The summed E-state index contributed by atoms with van der Waals surface area (Å²) < 4.78 is 0. The number of urea groups is 1. The molecule has 1 aromatic carbocycles. The molecule has 0 radical (unpaired) electrons. The molecule has 0 saturated carbocycles. The fraction of sp³-hybridized carbons (Fsp3) is 0.500. The number of hydrogen-bond donors (Lipinski definition) is 3. The second kappa shape index (κ2) is 6.36. The summed E-state index contributed by atoms with van der Waals surface area (Å²) in [5, 5.41) is 9.23. The second-order valence-corrected chi connectivity index (χ2v) is 5.90. The Balaban J connectivity index is 1.64. The van der Waals surface area contributed by atoms with Gasteiger partial charge in [-0.25, -0.2) is 4.79 Å². The van der Waals surface area contributed by atoms with Crippen molar-refractivity contribution in [1.82, 2.24) is 16.0 Å². The highest BCUT2D eigenvalue weighted by atomic mass is 16.2. The number of carbonyl (C=O) groups is 2. The van der Waals surface area contributed by atoms with E-state index in [4.69, 9.17) is 0 Å². The highest BCUT2D eigenvalue weighted by Gasteiger charge is 2.24. The van der Waals surface area contributed by atoms with Crippen molar-refractivity contribution in [3.8, 4) is 0 Å². The maximum Gasteiger partial charge on any atom is 0.321 e. The summed E-state index contributed by atoms with van der Waals surface area (Å²) in [6, 6.07) is 7.58. The molecule has 2 heterocycles. The molecule has 3 amide bonds. The molecular formula is C16H22N4O2. The van der Waals surface area contributed by atoms with E-state index in [1.54, 1.807) is 17.0 Å². The fourth-order valence-corrected chi connectivity index (χ4v) is 3.00. The third-order valence-corrected chi connectivity index (χ3v) is 4.38. The molecular weight excluding hydrogens is 280 g/mol. The number of amides is 3. The second-order valence-electron chi connectivity index (χ2n) is 5.90. The number of hydrogen-bond acceptors (Lipinski definition) is 3. The van der Waals surface area contributed by atoms with Gasteiger partial charge < -0.3 is 16.0 Å². The van der Waals surface area contributed by atoms with E-state index in [1.807, 2.05) is 12.1 Å². The van der Waals surface area contributed by atoms with Crippen LogP contribution in [0.2, 0.25) is 0 Å². The Morgan fingerprint density at radius 2 is 2.05 bits per heavy atom. The number of carbonyl (C=O) groups excluding carboxylic acids is 2. The zero-order valence-electron chi connectivity index (χ0n) is 12.8. The molecule has 0 bridgehead atoms. The van der Waals surface area contributed by atoms with Gasteiger partial charge in [0.25, 0.3) is 5.91 Å². The van der Waals surface area contributed by atoms with E-state index in [-0.39, 0.29) is 18.0 Å². The summed E-state index contributed by atoms with van der Waals surface area (Å²) in [6.45, 7) is 4.43. The van der Waals surface area contributed by atoms with Crippen molar-refractivity contribution in [1.29, 1.82) is 0 Å². The lowest BCUT2D eigenvalue weighted by atomic mass is 9.99. The van der Waals surface area contributed by atoms with Gasteiger partial charge >= 0.3 is 6.03 Å². The van der Waals surface area contributed by atoms with E-state index in [1.165, 1.54) is 0 Å². The Bertz CT molecular complexity index is 558. The summed E-state index contributed by atoms with van der Waals surface area (Å²) in [6.07, 6.45) is 2.09. The molecule has 2 fully saturated rings. The first-order valence-electron chi connectivity index (χ1n) is 7.85. The van der Waals surface area contributed by atoms with Gasteiger partial charge in [-0.3, -0.25) is 9.69 Å². The molecule has 6 heteroatoms. The van der Waals surface area contributed by atoms with Crippen LogP contribution in [0.1, 0.15) is 30.1 Å². The fourth-order valence-electron chi connectivity index (χ4n) is 3.00. The normalized spacial score (nSPS) is 25.0. The van der Waals surface area contributed by atoms with E-state index in [9.17, 15) is 9.59 Å². The molecule has 3 rings (SSSR count). The largest absolute Gasteiger partial charge is 0.348 e. The summed E-state index contributed by atoms with van der Waals surface area (Å²) in [5.74, 6) is -0.0574. The monoisotopic (exact) mass is 302 g/mol. The van der Waals surface area contributed by atoms with Gasteiger partial charge in [0, 0.05) is 36.4 Å². The van der Waals surface area contributed by atoms with Crippen LogP contribution in [0.25, 0.3) is 0 Å². The van der Waals surface area contributed by atoms with Gasteiger partial charge in [-0.15, -0.1) is 0 Å². The maximum atomic E-state index is 12.3. The molecule has 0 aliphatic carbocycles. The van der Waals surface area contributed by atoms with Crippen molar-refractivity contribution in [3.05, 3.63) is 29.8 Å². The van der Waals surface area contributed by atoms with Crippen LogP contribution in [-0.2, 0) is 0 Å². The summed E-state index contributed by atoms with van der Waals surface area (Å²) in [4.78, 5) is 25.6. The van der Waals surface area contributed by atoms with Crippen molar-refractivity contribution in [2.45, 2.75) is 31.8 Å². The quantitative estimate of drug-likeness (QED) is 0.782. The van der Waals surface area contributed by atoms with Crippen LogP contribution >= 0.6 is 0 Å². The summed E-state index contributed by atoms with van der Waals surface area (Å²) in [5.41, 5.74) is 1.44. The molecule has 2 saturated heterocycles. The maximum absolute atomic E-state index is 12.3. The summed E-state index contributed by atoms with van der Waals surface area (Å²) >= 11 is 0. The van der Waals surface area contributed by atoms with E-state index in [0.29, 0.717) is 24.7 Å². The lowest BCUT2D eigenvalue weighted by Crippen LogP contribution is -2.51. The smallest absolute Gasteiger partial charge is 0.321 e. The van der Waals surface area contributed by atoms with E-state index in [2.05, 4.69) is 22.9 Å². The first-order valence-corrected chi connectivity index (χ1v) is 7.85. The van der Waals surface area contributed by atoms with Crippen molar-refractivity contribution in [2.75, 3.05) is 24.5 Å². The van der Waals surface area contributed by atoms with Gasteiger partial charge in [0.15, 0.2) is 0 Å². The molecule has 2 aliphatic rings. The van der Waals surface area contributed by atoms with Gasteiger partial charge in [-0.1, -0.05) is 0 Å². The van der Waals surface area contributed by atoms with Crippen LogP contribution in [0.15, 0.2) is 24.3 Å². The van der Waals surface area contributed by atoms with Crippen LogP contribution in [-0.4, -0.2) is 43.7 Å². The molecule has 3 N–H and O–H groups in total. The highest BCUT2D eigenvalue weighted by molar-refractivity contribution is 5.97. The Morgan fingerprint density at radius 1 is 1.27 bits per heavy atom. The van der Waals surface area contributed by atoms with Crippen molar-refractivity contribution >= 4 is 17.6 Å². The van der Waals surface area contributed by atoms with E-state index >= 15 is 0 Å².